The molecule has 1 saturated carbocycles. The molecule has 1 spiro atoms. The van der Waals surface area contributed by atoms with Gasteiger partial charge in [-0.2, -0.15) is 0 Å². The number of hydrogen-bond donors (Lipinski definition) is 1. The zero-order valence-corrected chi connectivity index (χ0v) is 20.9. The first-order chi connectivity index (χ1) is 16.4. The van der Waals surface area contributed by atoms with Crippen molar-refractivity contribution >= 4 is 29.5 Å². The lowest BCUT2D eigenvalue weighted by Gasteiger charge is -2.41. The second-order valence-corrected chi connectivity index (χ2v) is 12.3. The molecular weight excluding hydrogens is 452 g/mol. The molecule has 2 amide bonds. The van der Waals surface area contributed by atoms with Gasteiger partial charge in [-0.15, -0.1) is 11.8 Å². The largest absolute Gasteiger partial charge is 0.461 e. The van der Waals surface area contributed by atoms with E-state index >= 15 is 0 Å². The fourth-order valence-corrected chi connectivity index (χ4v) is 8.85. The van der Waals surface area contributed by atoms with Gasteiger partial charge in [-0.05, 0) is 25.2 Å². The Morgan fingerprint density at radius 1 is 1.15 bits per heavy atom. The minimum Gasteiger partial charge on any atom is -0.461 e. The number of ether oxygens (including phenoxy) is 1. The Kier molecular flexibility index (Phi) is 6.57. The van der Waals surface area contributed by atoms with Crippen molar-refractivity contribution in [3.63, 3.8) is 0 Å². The average molecular weight is 489 g/mol. The molecule has 186 valence electrons. The van der Waals surface area contributed by atoms with Crippen molar-refractivity contribution in [2.45, 2.75) is 80.5 Å². The second-order valence-electron chi connectivity index (χ2n) is 10.8. The zero-order valence-electron chi connectivity index (χ0n) is 20.1. The van der Waals surface area contributed by atoms with Gasteiger partial charge in [-0.25, -0.2) is 0 Å². The highest BCUT2D eigenvalue weighted by molar-refractivity contribution is 8.02. The molecule has 4 heterocycles. The molecule has 3 fully saturated rings. The first kappa shape index (κ1) is 23.9. The molecule has 8 heteroatoms. The zero-order chi connectivity index (χ0) is 24.0. The highest BCUT2D eigenvalue weighted by Crippen LogP contribution is 2.61. The van der Waals surface area contributed by atoms with Gasteiger partial charge in [0, 0.05) is 17.8 Å². The van der Waals surface area contributed by atoms with Gasteiger partial charge in [0.2, 0.25) is 11.8 Å². The van der Waals surface area contributed by atoms with Crippen LogP contribution < -0.4 is 0 Å². The number of hydrogen-bond acceptors (Lipinski definition) is 6. The van der Waals surface area contributed by atoms with Crippen LogP contribution in [0.15, 0.2) is 24.3 Å². The summed E-state index contributed by atoms with van der Waals surface area (Å²) in [6.45, 7) is 4.65. The summed E-state index contributed by atoms with van der Waals surface area (Å²) in [4.78, 5) is 45.2. The van der Waals surface area contributed by atoms with E-state index in [1.807, 2.05) is 29.2 Å². The van der Waals surface area contributed by atoms with Crippen LogP contribution in [0.2, 0.25) is 0 Å². The van der Waals surface area contributed by atoms with E-state index in [1.54, 1.807) is 16.7 Å². The highest BCUT2D eigenvalue weighted by Gasteiger charge is 2.72. The Morgan fingerprint density at radius 2 is 1.91 bits per heavy atom. The Hall–Kier alpha value is -1.80. The lowest BCUT2D eigenvalue weighted by molar-refractivity contribution is -0.152. The second kappa shape index (κ2) is 9.34. The summed E-state index contributed by atoms with van der Waals surface area (Å²) in [5, 5.41) is 10.2. The van der Waals surface area contributed by atoms with E-state index in [4.69, 9.17) is 4.74 Å². The maximum atomic E-state index is 14.3. The van der Waals surface area contributed by atoms with Crippen LogP contribution in [0.4, 0.5) is 0 Å². The molecule has 7 nitrogen and oxygen atoms in total. The van der Waals surface area contributed by atoms with Crippen molar-refractivity contribution in [2.75, 3.05) is 19.8 Å². The summed E-state index contributed by atoms with van der Waals surface area (Å²) in [7, 11) is 0. The minimum absolute atomic E-state index is 0.0312. The van der Waals surface area contributed by atoms with Crippen LogP contribution in [-0.4, -0.2) is 80.6 Å². The number of likely N-dealkylation sites (tertiary alicyclic amines) is 1. The van der Waals surface area contributed by atoms with E-state index < -0.39 is 28.7 Å². The Balaban J connectivity index is 1.60. The summed E-state index contributed by atoms with van der Waals surface area (Å²) in [6.07, 6.45) is 13.9. The van der Waals surface area contributed by atoms with E-state index in [-0.39, 0.29) is 48.2 Å². The van der Waals surface area contributed by atoms with E-state index in [2.05, 4.69) is 13.8 Å². The molecule has 0 aromatic heterocycles. The third-order valence-corrected chi connectivity index (χ3v) is 9.99. The lowest BCUT2D eigenvalue weighted by Crippen LogP contribution is -2.58. The number of cyclic esters (lactones) is 1. The maximum absolute atomic E-state index is 14.3. The summed E-state index contributed by atoms with van der Waals surface area (Å²) >= 11 is 1.57. The molecule has 34 heavy (non-hydrogen) atoms. The van der Waals surface area contributed by atoms with Crippen molar-refractivity contribution < 1.29 is 24.2 Å². The molecule has 0 aromatic rings. The van der Waals surface area contributed by atoms with Crippen LogP contribution in [-0.2, 0) is 19.1 Å². The van der Waals surface area contributed by atoms with Gasteiger partial charge < -0.3 is 19.6 Å². The molecule has 1 aliphatic carbocycles. The highest BCUT2D eigenvalue weighted by atomic mass is 32.2. The van der Waals surface area contributed by atoms with Crippen molar-refractivity contribution in [1.29, 1.82) is 0 Å². The number of thioether (sulfide) groups is 1. The van der Waals surface area contributed by atoms with Gasteiger partial charge in [0.15, 0.2) is 0 Å². The SMILES string of the molecule is CC(C)C[C@H](CO)N1C(=O)[C@@H]2[C@@H]3C(=O)OCC=C[C@@H]3S[C@@]23C=CCN(C2CCCCC2)C(=O)C13. The number of esters is 1. The number of nitrogens with zero attached hydrogens (tertiary/aromatic N) is 2. The number of fused-ring (bicyclic) bond motifs is 2. The van der Waals surface area contributed by atoms with Crippen molar-refractivity contribution in [3.8, 4) is 0 Å². The first-order valence-electron chi connectivity index (χ1n) is 12.8. The first-order valence-corrected chi connectivity index (χ1v) is 13.7. The number of carbonyl (C=O) groups is 3. The molecule has 5 aliphatic rings. The van der Waals surface area contributed by atoms with Crippen molar-refractivity contribution in [3.05, 3.63) is 24.3 Å². The minimum atomic E-state index is -0.835. The van der Waals surface area contributed by atoms with Gasteiger partial charge in [0.25, 0.3) is 0 Å². The van der Waals surface area contributed by atoms with Crippen LogP contribution in [0.25, 0.3) is 0 Å². The van der Waals surface area contributed by atoms with E-state index in [9.17, 15) is 19.5 Å². The predicted octanol–water partition coefficient (Wildman–Crippen LogP) is 2.53. The summed E-state index contributed by atoms with van der Waals surface area (Å²) < 4.78 is 4.60. The Labute approximate surface area is 205 Å². The van der Waals surface area contributed by atoms with Gasteiger partial charge >= 0.3 is 5.97 Å². The fraction of sp³-hybridized carbons (Fsp3) is 0.731. The summed E-state index contributed by atoms with van der Waals surface area (Å²) in [5.74, 6) is -1.64. The third kappa shape index (κ3) is 3.72. The topological polar surface area (TPSA) is 87.2 Å². The van der Waals surface area contributed by atoms with Crippen LogP contribution >= 0.6 is 11.8 Å². The van der Waals surface area contributed by atoms with E-state index in [0.717, 1.165) is 25.7 Å². The van der Waals surface area contributed by atoms with Gasteiger partial charge in [0.1, 0.15) is 12.6 Å². The molecule has 0 radical (unpaired) electrons. The van der Waals surface area contributed by atoms with Crippen molar-refractivity contribution in [2.24, 2.45) is 17.8 Å². The standard InChI is InChI=1S/C26H36N2O5S/c1-16(2)14-18(15-29)28-22-24(31)27(17-8-4-3-5-9-17)12-7-11-26(22)21(23(28)30)20-19(34-26)10-6-13-33-25(20)32/h6-7,10-11,16-22,29H,3-5,8-9,12-15H2,1-2H3/t18-,19+,20-,21+,22?,26+/m1/s1. The number of amides is 2. The normalized spacial score (nSPS) is 36.8. The number of aliphatic hydroxyl groups is 1. The molecule has 2 saturated heterocycles. The van der Waals surface area contributed by atoms with Gasteiger partial charge in [-0.3, -0.25) is 14.4 Å². The number of aliphatic hydroxyl groups excluding tert-OH is 1. The Bertz CT molecular complexity index is 898. The molecule has 1 unspecified atom stereocenters. The van der Waals surface area contributed by atoms with Gasteiger partial charge in [0.05, 0.1) is 29.2 Å². The van der Waals surface area contributed by atoms with Crippen LogP contribution in [0.3, 0.4) is 0 Å². The molecule has 0 bridgehead atoms. The van der Waals surface area contributed by atoms with Crippen molar-refractivity contribution in [1.82, 2.24) is 9.80 Å². The molecule has 6 atom stereocenters. The quantitative estimate of drug-likeness (QED) is 0.473. The fourth-order valence-electron chi connectivity index (χ4n) is 6.86. The molecule has 0 aromatic carbocycles. The number of rotatable bonds is 5. The third-order valence-electron chi connectivity index (χ3n) is 8.25. The van der Waals surface area contributed by atoms with Crippen LogP contribution in [0, 0.1) is 17.8 Å². The molecule has 1 N–H and O–H groups in total. The Morgan fingerprint density at radius 3 is 2.62 bits per heavy atom. The molecule has 4 aliphatic heterocycles. The number of carbonyl (C=O) groups excluding carboxylic acids is 3. The van der Waals surface area contributed by atoms with E-state index in [1.165, 1.54) is 6.42 Å². The monoisotopic (exact) mass is 488 g/mol. The summed E-state index contributed by atoms with van der Waals surface area (Å²) in [6, 6.07) is -1.00. The average Bonchev–Trinajstić information content (AvgIpc) is 3.12. The molecular formula is C26H36N2O5S. The molecule has 5 rings (SSSR count). The van der Waals surface area contributed by atoms with Gasteiger partial charge in [-0.1, -0.05) is 57.4 Å². The smallest absolute Gasteiger partial charge is 0.311 e. The lowest BCUT2D eigenvalue weighted by atomic mass is 9.78. The van der Waals surface area contributed by atoms with E-state index in [0.29, 0.717) is 13.0 Å². The van der Waals surface area contributed by atoms with Crippen LogP contribution in [0.1, 0.15) is 52.4 Å². The maximum Gasteiger partial charge on any atom is 0.311 e. The predicted molar refractivity (Wildman–Crippen MR) is 130 cm³/mol. The van der Waals surface area contributed by atoms with Crippen LogP contribution in [0.5, 0.6) is 0 Å². The summed E-state index contributed by atoms with van der Waals surface area (Å²) in [5.41, 5.74) is 0.